The highest BCUT2D eigenvalue weighted by atomic mass is 16.5. The van der Waals surface area contributed by atoms with Gasteiger partial charge in [0.2, 0.25) is 0 Å². The molecule has 1 heterocycles. The maximum Gasteiger partial charge on any atom is 0.126 e. The van der Waals surface area contributed by atoms with Crippen molar-refractivity contribution in [1.82, 2.24) is 4.90 Å². The van der Waals surface area contributed by atoms with Gasteiger partial charge in [0.25, 0.3) is 0 Å². The number of hydrogen-bond acceptors (Lipinski definition) is 3. The number of para-hydroxylation sites is 1. The first-order chi connectivity index (χ1) is 9.19. The minimum Gasteiger partial charge on any atom is -0.496 e. The van der Waals surface area contributed by atoms with Gasteiger partial charge >= 0.3 is 0 Å². The fourth-order valence-corrected chi connectivity index (χ4v) is 2.57. The zero-order valence-electron chi connectivity index (χ0n) is 12.0. The van der Waals surface area contributed by atoms with E-state index in [-0.39, 0.29) is 0 Å². The lowest BCUT2D eigenvalue weighted by molar-refractivity contribution is -0.0645. The molecule has 104 valence electrons. The average Bonchev–Trinajstić information content (AvgIpc) is 2.38. The van der Waals surface area contributed by atoms with Crippen LogP contribution in [0.25, 0.3) is 6.08 Å². The Labute approximate surface area is 115 Å². The van der Waals surface area contributed by atoms with Crippen molar-refractivity contribution in [3.8, 4) is 5.75 Å². The number of ether oxygens (including phenoxy) is 2. The fraction of sp³-hybridized carbons (Fsp3) is 0.500. The molecule has 0 radical (unpaired) electrons. The van der Waals surface area contributed by atoms with Crippen LogP contribution in [0.2, 0.25) is 0 Å². The van der Waals surface area contributed by atoms with E-state index in [4.69, 9.17) is 9.47 Å². The summed E-state index contributed by atoms with van der Waals surface area (Å²) >= 11 is 0. The van der Waals surface area contributed by atoms with E-state index in [1.807, 2.05) is 18.2 Å². The molecule has 0 aliphatic carbocycles. The van der Waals surface area contributed by atoms with E-state index in [1.54, 1.807) is 7.11 Å². The number of rotatable bonds is 4. The SMILES string of the molecule is COc1ccccc1/C=C/CN1C[C@@H](C)O[C@@H](C)C1. The van der Waals surface area contributed by atoms with Gasteiger partial charge in [0.05, 0.1) is 19.3 Å². The summed E-state index contributed by atoms with van der Waals surface area (Å²) in [6.07, 6.45) is 4.97. The Hall–Kier alpha value is -1.32. The summed E-state index contributed by atoms with van der Waals surface area (Å²) in [7, 11) is 1.71. The minimum absolute atomic E-state index is 0.323. The fourth-order valence-electron chi connectivity index (χ4n) is 2.57. The zero-order valence-corrected chi connectivity index (χ0v) is 12.0. The predicted octanol–water partition coefficient (Wildman–Crippen LogP) is 2.82. The van der Waals surface area contributed by atoms with Crippen LogP contribution in [0, 0.1) is 0 Å². The second-order valence-corrected chi connectivity index (χ2v) is 5.12. The molecule has 0 amide bonds. The molecule has 2 rings (SSSR count). The van der Waals surface area contributed by atoms with Gasteiger partial charge in [0, 0.05) is 25.2 Å². The molecule has 0 aromatic heterocycles. The Kier molecular flexibility index (Phi) is 5.00. The Morgan fingerprint density at radius 2 is 1.95 bits per heavy atom. The average molecular weight is 261 g/mol. The van der Waals surface area contributed by atoms with E-state index in [1.165, 1.54) is 0 Å². The molecule has 1 aromatic rings. The standard InChI is InChI=1S/C16H23NO2/c1-13-11-17(12-14(2)19-13)10-6-8-15-7-4-5-9-16(15)18-3/h4-9,13-14H,10-12H2,1-3H3/b8-6+/t13-,14+. The molecule has 3 nitrogen and oxygen atoms in total. The third-order valence-electron chi connectivity index (χ3n) is 3.30. The number of nitrogens with zero attached hydrogens (tertiary/aromatic N) is 1. The first-order valence-corrected chi connectivity index (χ1v) is 6.86. The van der Waals surface area contributed by atoms with Crippen molar-refractivity contribution in [2.45, 2.75) is 26.1 Å². The number of benzene rings is 1. The lowest BCUT2D eigenvalue weighted by Crippen LogP contribution is -2.45. The van der Waals surface area contributed by atoms with Crippen LogP contribution in [0.5, 0.6) is 5.75 Å². The lowest BCUT2D eigenvalue weighted by Gasteiger charge is -2.34. The van der Waals surface area contributed by atoms with Gasteiger partial charge in [0.1, 0.15) is 5.75 Å². The van der Waals surface area contributed by atoms with Crippen LogP contribution in [0.1, 0.15) is 19.4 Å². The predicted molar refractivity (Wildman–Crippen MR) is 78.5 cm³/mol. The van der Waals surface area contributed by atoms with E-state index in [0.717, 1.165) is 30.9 Å². The monoisotopic (exact) mass is 261 g/mol. The van der Waals surface area contributed by atoms with Crippen LogP contribution in [-0.4, -0.2) is 43.9 Å². The van der Waals surface area contributed by atoms with Gasteiger partial charge in [-0.1, -0.05) is 30.4 Å². The van der Waals surface area contributed by atoms with Crippen molar-refractivity contribution < 1.29 is 9.47 Å². The smallest absolute Gasteiger partial charge is 0.126 e. The second-order valence-electron chi connectivity index (χ2n) is 5.12. The third kappa shape index (κ3) is 4.08. The summed E-state index contributed by atoms with van der Waals surface area (Å²) in [6, 6.07) is 8.07. The lowest BCUT2D eigenvalue weighted by atomic mass is 10.2. The van der Waals surface area contributed by atoms with Crippen molar-refractivity contribution >= 4 is 6.08 Å². The molecular weight excluding hydrogens is 238 g/mol. The van der Waals surface area contributed by atoms with Crippen molar-refractivity contribution in [2.24, 2.45) is 0 Å². The summed E-state index contributed by atoms with van der Waals surface area (Å²) in [6.45, 7) is 7.22. The highest BCUT2D eigenvalue weighted by Crippen LogP contribution is 2.18. The summed E-state index contributed by atoms with van der Waals surface area (Å²) in [5.74, 6) is 0.919. The first-order valence-electron chi connectivity index (χ1n) is 6.86. The molecule has 0 spiro atoms. The van der Waals surface area contributed by atoms with Crippen LogP contribution in [0.15, 0.2) is 30.3 Å². The molecule has 19 heavy (non-hydrogen) atoms. The molecule has 0 saturated carbocycles. The molecule has 0 bridgehead atoms. The number of morpholine rings is 1. The van der Waals surface area contributed by atoms with Gasteiger partial charge in [-0.2, -0.15) is 0 Å². The Morgan fingerprint density at radius 1 is 1.26 bits per heavy atom. The number of hydrogen-bond donors (Lipinski definition) is 0. The molecule has 1 fully saturated rings. The van der Waals surface area contributed by atoms with E-state index < -0.39 is 0 Å². The molecule has 2 atom stereocenters. The second kappa shape index (κ2) is 6.73. The molecule has 1 saturated heterocycles. The quantitative estimate of drug-likeness (QED) is 0.832. The molecule has 1 aliphatic heterocycles. The molecule has 1 aromatic carbocycles. The van der Waals surface area contributed by atoms with Crippen molar-refractivity contribution in [3.05, 3.63) is 35.9 Å². The van der Waals surface area contributed by atoms with E-state index in [0.29, 0.717) is 12.2 Å². The molecular formula is C16H23NO2. The van der Waals surface area contributed by atoms with Gasteiger partial charge in [-0.25, -0.2) is 0 Å². The summed E-state index contributed by atoms with van der Waals surface area (Å²) in [5.41, 5.74) is 1.12. The summed E-state index contributed by atoms with van der Waals surface area (Å²) in [4.78, 5) is 2.42. The van der Waals surface area contributed by atoms with Crippen LogP contribution in [0.4, 0.5) is 0 Å². The largest absolute Gasteiger partial charge is 0.496 e. The van der Waals surface area contributed by atoms with Gasteiger partial charge in [-0.3, -0.25) is 4.90 Å². The van der Waals surface area contributed by atoms with Crippen LogP contribution in [0.3, 0.4) is 0 Å². The van der Waals surface area contributed by atoms with Crippen LogP contribution in [-0.2, 0) is 4.74 Å². The maximum atomic E-state index is 5.73. The Bertz CT molecular complexity index is 421. The van der Waals surface area contributed by atoms with Crippen LogP contribution >= 0.6 is 0 Å². The van der Waals surface area contributed by atoms with Crippen molar-refractivity contribution in [1.29, 1.82) is 0 Å². The highest BCUT2D eigenvalue weighted by molar-refractivity contribution is 5.57. The van der Waals surface area contributed by atoms with Crippen LogP contribution < -0.4 is 4.74 Å². The highest BCUT2D eigenvalue weighted by Gasteiger charge is 2.20. The van der Waals surface area contributed by atoms with Gasteiger partial charge in [-0.05, 0) is 19.9 Å². The molecule has 3 heteroatoms. The normalized spacial score (nSPS) is 24.8. The third-order valence-corrected chi connectivity index (χ3v) is 3.30. The zero-order chi connectivity index (χ0) is 13.7. The topological polar surface area (TPSA) is 21.7 Å². The Balaban J connectivity index is 1.92. The summed E-state index contributed by atoms with van der Waals surface area (Å²) in [5, 5.41) is 0. The maximum absolute atomic E-state index is 5.73. The van der Waals surface area contributed by atoms with Gasteiger partial charge in [0.15, 0.2) is 0 Å². The molecule has 0 unspecified atom stereocenters. The van der Waals surface area contributed by atoms with Crippen molar-refractivity contribution in [3.63, 3.8) is 0 Å². The molecule has 0 N–H and O–H groups in total. The van der Waals surface area contributed by atoms with Crippen molar-refractivity contribution in [2.75, 3.05) is 26.7 Å². The first kappa shape index (κ1) is 14.1. The van der Waals surface area contributed by atoms with E-state index >= 15 is 0 Å². The minimum atomic E-state index is 0.323. The van der Waals surface area contributed by atoms with E-state index in [9.17, 15) is 0 Å². The van der Waals surface area contributed by atoms with E-state index in [2.05, 4.69) is 37.0 Å². The van der Waals surface area contributed by atoms with Gasteiger partial charge < -0.3 is 9.47 Å². The molecule has 1 aliphatic rings. The number of methoxy groups -OCH3 is 1. The van der Waals surface area contributed by atoms with Gasteiger partial charge in [-0.15, -0.1) is 0 Å². The summed E-state index contributed by atoms with van der Waals surface area (Å²) < 4.78 is 11.1. The Morgan fingerprint density at radius 3 is 2.63 bits per heavy atom.